The fraction of sp³-hybridized carbons (Fsp3) is 0.286. The Bertz CT molecular complexity index is 589. The molecule has 2 aromatic rings. The van der Waals surface area contributed by atoms with Crippen LogP contribution >= 0.6 is 0 Å². The Morgan fingerprint density at radius 3 is 2.26 bits per heavy atom. The van der Waals surface area contributed by atoms with Crippen LogP contribution in [0.3, 0.4) is 0 Å². The first kappa shape index (κ1) is 13.1. The second-order valence-corrected chi connectivity index (χ2v) is 4.21. The fourth-order valence-corrected chi connectivity index (χ4v) is 1.76. The predicted molar refractivity (Wildman–Crippen MR) is 74.5 cm³/mol. The smallest absolute Gasteiger partial charge is 0.161 e. The maximum atomic E-state index is 5.88. The van der Waals surface area contributed by atoms with Gasteiger partial charge in [0.2, 0.25) is 0 Å². The molecular formula is C14H17N3O2. The minimum Gasteiger partial charge on any atom is -0.493 e. The molecule has 5 nitrogen and oxygen atoms in total. The Labute approximate surface area is 112 Å². The van der Waals surface area contributed by atoms with Crippen molar-refractivity contribution in [1.82, 2.24) is 9.97 Å². The van der Waals surface area contributed by atoms with Crippen LogP contribution in [-0.4, -0.2) is 24.2 Å². The summed E-state index contributed by atoms with van der Waals surface area (Å²) in [6.45, 7) is 3.82. The summed E-state index contributed by atoms with van der Waals surface area (Å²) in [5.41, 5.74) is 8.50. The number of anilines is 1. The van der Waals surface area contributed by atoms with Gasteiger partial charge in [0.05, 0.1) is 14.2 Å². The summed E-state index contributed by atoms with van der Waals surface area (Å²) in [7, 11) is 3.19. The molecule has 5 heteroatoms. The van der Waals surface area contributed by atoms with E-state index in [1.165, 1.54) is 0 Å². The lowest BCUT2D eigenvalue weighted by Crippen LogP contribution is -2.02. The van der Waals surface area contributed by atoms with Crippen LogP contribution in [-0.2, 0) is 0 Å². The van der Waals surface area contributed by atoms with Crippen LogP contribution in [0.5, 0.6) is 11.5 Å². The van der Waals surface area contributed by atoms with Gasteiger partial charge < -0.3 is 15.2 Å². The van der Waals surface area contributed by atoms with E-state index < -0.39 is 0 Å². The highest BCUT2D eigenvalue weighted by atomic mass is 16.5. The molecular weight excluding hydrogens is 242 g/mol. The summed E-state index contributed by atoms with van der Waals surface area (Å²) in [6.07, 6.45) is 0. The third kappa shape index (κ3) is 2.45. The number of nitrogens with zero attached hydrogens (tertiary/aromatic N) is 2. The van der Waals surface area contributed by atoms with Gasteiger partial charge in [-0.1, -0.05) is 0 Å². The highest BCUT2D eigenvalue weighted by Crippen LogP contribution is 2.31. The molecule has 0 unspecified atom stereocenters. The minimum atomic E-state index is 0.497. The molecule has 0 aliphatic heterocycles. The first-order valence-corrected chi connectivity index (χ1v) is 5.90. The fourth-order valence-electron chi connectivity index (χ4n) is 1.76. The van der Waals surface area contributed by atoms with E-state index in [4.69, 9.17) is 15.2 Å². The van der Waals surface area contributed by atoms with Crippen LogP contribution in [0.4, 0.5) is 5.82 Å². The Balaban J connectivity index is 2.53. The van der Waals surface area contributed by atoms with Gasteiger partial charge in [-0.25, -0.2) is 9.97 Å². The Kier molecular flexibility index (Phi) is 3.55. The maximum absolute atomic E-state index is 5.88. The molecule has 0 saturated heterocycles. The van der Waals surface area contributed by atoms with Gasteiger partial charge in [0.15, 0.2) is 17.3 Å². The van der Waals surface area contributed by atoms with E-state index in [2.05, 4.69) is 9.97 Å². The number of hydrogen-bond donors (Lipinski definition) is 1. The number of hydrogen-bond acceptors (Lipinski definition) is 5. The minimum absolute atomic E-state index is 0.497. The zero-order valence-electron chi connectivity index (χ0n) is 11.5. The Morgan fingerprint density at radius 1 is 1.00 bits per heavy atom. The third-order valence-corrected chi connectivity index (χ3v) is 3.07. The SMILES string of the molecule is COc1ccc(-c2nc(C)c(C)c(N)n2)cc1OC. The molecule has 0 saturated carbocycles. The summed E-state index contributed by atoms with van der Waals surface area (Å²) in [5, 5.41) is 0. The van der Waals surface area contributed by atoms with Crippen molar-refractivity contribution >= 4 is 5.82 Å². The molecule has 0 aliphatic carbocycles. The third-order valence-electron chi connectivity index (χ3n) is 3.07. The number of nitrogens with two attached hydrogens (primary N) is 1. The number of aromatic nitrogens is 2. The topological polar surface area (TPSA) is 70.3 Å². The van der Waals surface area contributed by atoms with Crippen molar-refractivity contribution in [3.8, 4) is 22.9 Å². The van der Waals surface area contributed by atoms with E-state index in [1.54, 1.807) is 14.2 Å². The van der Waals surface area contributed by atoms with Crippen LogP contribution in [0.2, 0.25) is 0 Å². The summed E-state index contributed by atoms with van der Waals surface area (Å²) in [6, 6.07) is 5.54. The zero-order chi connectivity index (χ0) is 14.0. The van der Waals surface area contributed by atoms with Gasteiger partial charge in [-0.2, -0.15) is 0 Å². The second-order valence-electron chi connectivity index (χ2n) is 4.21. The van der Waals surface area contributed by atoms with Crippen molar-refractivity contribution in [2.75, 3.05) is 20.0 Å². The van der Waals surface area contributed by atoms with Crippen LogP contribution < -0.4 is 15.2 Å². The van der Waals surface area contributed by atoms with Crippen molar-refractivity contribution in [2.45, 2.75) is 13.8 Å². The van der Waals surface area contributed by atoms with Gasteiger partial charge in [0.1, 0.15) is 5.82 Å². The van der Waals surface area contributed by atoms with Crippen LogP contribution in [0.1, 0.15) is 11.3 Å². The van der Waals surface area contributed by atoms with Crippen LogP contribution in [0, 0.1) is 13.8 Å². The predicted octanol–water partition coefficient (Wildman–Crippen LogP) is 2.36. The lowest BCUT2D eigenvalue weighted by Gasteiger charge is -2.10. The molecule has 0 aliphatic rings. The molecule has 1 aromatic carbocycles. The number of nitrogen functional groups attached to an aromatic ring is 1. The number of aryl methyl sites for hydroxylation is 1. The molecule has 0 atom stereocenters. The van der Waals surface area contributed by atoms with E-state index in [1.807, 2.05) is 32.0 Å². The molecule has 0 spiro atoms. The highest BCUT2D eigenvalue weighted by molar-refractivity contribution is 5.63. The van der Waals surface area contributed by atoms with Crippen LogP contribution in [0.15, 0.2) is 18.2 Å². The van der Waals surface area contributed by atoms with Crippen molar-refractivity contribution in [1.29, 1.82) is 0 Å². The second kappa shape index (κ2) is 5.14. The lowest BCUT2D eigenvalue weighted by molar-refractivity contribution is 0.355. The monoisotopic (exact) mass is 259 g/mol. The van der Waals surface area contributed by atoms with Crippen molar-refractivity contribution < 1.29 is 9.47 Å². The summed E-state index contributed by atoms with van der Waals surface area (Å²) in [5.74, 6) is 2.39. The lowest BCUT2D eigenvalue weighted by atomic mass is 10.1. The molecule has 1 heterocycles. The molecule has 1 aromatic heterocycles. The first-order valence-electron chi connectivity index (χ1n) is 5.90. The Morgan fingerprint density at radius 2 is 1.68 bits per heavy atom. The van der Waals surface area contributed by atoms with E-state index in [0.717, 1.165) is 16.8 Å². The van der Waals surface area contributed by atoms with Gasteiger partial charge in [-0.15, -0.1) is 0 Å². The van der Waals surface area contributed by atoms with Gasteiger partial charge in [0, 0.05) is 16.8 Å². The maximum Gasteiger partial charge on any atom is 0.161 e. The Hall–Kier alpha value is -2.30. The molecule has 2 N–H and O–H groups in total. The quantitative estimate of drug-likeness (QED) is 0.916. The van der Waals surface area contributed by atoms with E-state index >= 15 is 0 Å². The average Bonchev–Trinajstić information content (AvgIpc) is 2.43. The van der Waals surface area contributed by atoms with E-state index in [9.17, 15) is 0 Å². The van der Waals surface area contributed by atoms with E-state index in [-0.39, 0.29) is 0 Å². The van der Waals surface area contributed by atoms with Crippen molar-refractivity contribution in [2.24, 2.45) is 0 Å². The number of methoxy groups -OCH3 is 2. The molecule has 0 fully saturated rings. The summed E-state index contributed by atoms with van der Waals surface area (Å²) in [4.78, 5) is 8.75. The number of rotatable bonds is 3. The van der Waals surface area contributed by atoms with E-state index in [0.29, 0.717) is 23.1 Å². The molecule has 0 amide bonds. The number of benzene rings is 1. The van der Waals surface area contributed by atoms with Crippen molar-refractivity contribution in [3.63, 3.8) is 0 Å². The molecule has 0 bridgehead atoms. The zero-order valence-corrected chi connectivity index (χ0v) is 11.5. The number of ether oxygens (including phenoxy) is 2. The summed E-state index contributed by atoms with van der Waals surface area (Å²) < 4.78 is 10.5. The van der Waals surface area contributed by atoms with Crippen molar-refractivity contribution in [3.05, 3.63) is 29.5 Å². The van der Waals surface area contributed by atoms with Crippen LogP contribution in [0.25, 0.3) is 11.4 Å². The normalized spacial score (nSPS) is 10.3. The molecule has 0 radical (unpaired) electrons. The molecule has 2 rings (SSSR count). The van der Waals surface area contributed by atoms with Gasteiger partial charge in [0.25, 0.3) is 0 Å². The molecule has 100 valence electrons. The van der Waals surface area contributed by atoms with Gasteiger partial charge in [-0.05, 0) is 32.0 Å². The molecule has 19 heavy (non-hydrogen) atoms. The highest BCUT2D eigenvalue weighted by Gasteiger charge is 2.10. The van der Waals surface area contributed by atoms with Gasteiger partial charge >= 0.3 is 0 Å². The standard InChI is InChI=1S/C14H17N3O2/c1-8-9(2)16-14(17-13(8)15)10-5-6-11(18-3)12(7-10)19-4/h5-7H,1-4H3,(H2,15,16,17). The van der Waals surface area contributed by atoms with Gasteiger partial charge in [-0.3, -0.25) is 0 Å². The summed E-state index contributed by atoms with van der Waals surface area (Å²) >= 11 is 0. The first-order chi connectivity index (χ1) is 9.06. The average molecular weight is 259 g/mol. The largest absolute Gasteiger partial charge is 0.493 e.